The summed E-state index contributed by atoms with van der Waals surface area (Å²) in [4.78, 5) is 14.9. The highest BCUT2D eigenvalue weighted by atomic mass is 35.5. The van der Waals surface area contributed by atoms with Crippen LogP contribution in [-0.4, -0.2) is 11.0 Å². The maximum Gasteiger partial charge on any atom is 0.238 e. The molecule has 0 unspecified atom stereocenters. The van der Waals surface area contributed by atoms with E-state index in [1.54, 1.807) is 24.4 Å². The number of halogens is 1. The molecule has 0 fully saturated rings. The van der Waals surface area contributed by atoms with Gasteiger partial charge in [-0.05, 0) is 17.2 Å². The number of hydrogen-bond donors (Lipinski definition) is 0. The Morgan fingerprint density at radius 2 is 1.78 bits per heavy atom. The van der Waals surface area contributed by atoms with E-state index in [4.69, 9.17) is 16.0 Å². The van der Waals surface area contributed by atoms with Crippen molar-refractivity contribution in [2.45, 2.75) is 0 Å². The molecule has 0 aliphatic heterocycles. The first-order valence-electron chi connectivity index (χ1n) is 6.84. The van der Waals surface area contributed by atoms with Crippen LogP contribution in [0.25, 0.3) is 22.4 Å². The average molecular weight is 325 g/mol. The van der Waals surface area contributed by atoms with Crippen molar-refractivity contribution in [2.75, 3.05) is 0 Å². The van der Waals surface area contributed by atoms with E-state index in [0.717, 1.165) is 11.1 Å². The third-order valence-electron chi connectivity index (χ3n) is 3.21. The summed E-state index contributed by atoms with van der Waals surface area (Å²) in [6.07, 6.45) is 3.27. The Hall–Kier alpha value is -2.85. The van der Waals surface area contributed by atoms with Crippen LogP contribution in [0.5, 0.6) is 0 Å². The number of rotatable bonds is 4. The van der Waals surface area contributed by atoms with Crippen molar-refractivity contribution in [1.82, 2.24) is 4.98 Å². The number of carboxylic acid groups (broad SMARTS) is 1. The molecule has 1 heterocycles. The molecule has 0 N–H and O–H groups in total. The minimum atomic E-state index is -1.22. The minimum absolute atomic E-state index is 0.112. The minimum Gasteiger partial charge on any atom is -0.545 e. The van der Waals surface area contributed by atoms with Crippen molar-refractivity contribution in [2.24, 2.45) is 0 Å². The number of aromatic carboxylic acids is 1. The van der Waals surface area contributed by atoms with Gasteiger partial charge in [0.25, 0.3) is 0 Å². The van der Waals surface area contributed by atoms with Gasteiger partial charge >= 0.3 is 0 Å². The molecule has 2 aromatic carbocycles. The fraction of sp³-hybridized carbons (Fsp3) is 0. The van der Waals surface area contributed by atoms with Gasteiger partial charge in [-0.2, -0.15) is 0 Å². The van der Waals surface area contributed by atoms with E-state index in [-0.39, 0.29) is 5.56 Å². The SMILES string of the molecule is O=C([O-])c1ccc(/C=C(\Cl)c2ncc(-c3ccccc3)o2)cc1. The number of benzene rings is 2. The van der Waals surface area contributed by atoms with Crippen molar-refractivity contribution in [1.29, 1.82) is 0 Å². The molecule has 0 spiro atoms. The lowest BCUT2D eigenvalue weighted by Crippen LogP contribution is -2.21. The molecule has 5 heteroatoms. The van der Waals surface area contributed by atoms with Gasteiger partial charge in [0.2, 0.25) is 5.89 Å². The highest BCUT2D eigenvalue weighted by Gasteiger charge is 2.09. The first-order valence-corrected chi connectivity index (χ1v) is 7.21. The van der Waals surface area contributed by atoms with Crippen LogP contribution < -0.4 is 5.11 Å². The Morgan fingerprint density at radius 3 is 2.43 bits per heavy atom. The Kier molecular flexibility index (Phi) is 4.26. The average Bonchev–Trinajstić information content (AvgIpc) is 3.06. The first kappa shape index (κ1) is 15.1. The maximum atomic E-state index is 10.7. The zero-order valence-electron chi connectivity index (χ0n) is 11.9. The normalized spacial score (nSPS) is 11.4. The molecule has 0 radical (unpaired) electrons. The quantitative estimate of drug-likeness (QED) is 0.737. The largest absolute Gasteiger partial charge is 0.545 e. The molecule has 3 aromatic rings. The first-order chi connectivity index (χ1) is 11.1. The zero-order chi connectivity index (χ0) is 16.2. The van der Waals surface area contributed by atoms with Gasteiger partial charge in [-0.15, -0.1) is 0 Å². The highest BCUT2D eigenvalue weighted by Crippen LogP contribution is 2.26. The Morgan fingerprint density at radius 1 is 1.09 bits per heavy atom. The van der Waals surface area contributed by atoms with Gasteiger partial charge < -0.3 is 14.3 Å². The van der Waals surface area contributed by atoms with Crippen molar-refractivity contribution in [3.8, 4) is 11.3 Å². The fourth-order valence-electron chi connectivity index (χ4n) is 2.04. The number of oxazole rings is 1. The molecule has 0 bridgehead atoms. The van der Waals surface area contributed by atoms with Crippen LogP contribution in [0.2, 0.25) is 0 Å². The number of carboxylic acids is 1. The molecular weight excluding hydrogens is 314 g/mol. The van der Waals surface area contributed by atoms with Gasteiger partial charge in [-0.3, -0.25) is 0 Å². The molecule has 0 saturated heterocycles. The lowest BCUT2D eigenvalue weighted by atomic mass is 10.1. The van der Waals surface area contributed by atoms with Crippen molar-refractivity contribution >= 4 is 28.7 Å². The summed E-state index contributed by atoms with van der Waals surface area (Å²) in [7, 11) is 0. The van der Waals surface area contributed by atoms with Crippen LogP contribution in [0.3, 0.4) is 0 Å². The van der Waals surface area contributed by atoms with Crippen LogP contribution in [0.1, 0.15) is 21.8 Å². The number of carbonyl (C=O) groups is 1. The maximum absolute atomic E-state index is 10.7. The van der Waals surface area contributed by atoms with Gasteiger partial charge in [0.15, 0.2) is 5.76 Å². The second-order valence-corrected chi connectivity index (χ2v) is 5.20. The van der Waals surface area contributed by atoms with E-state index in [9.17, 15) is 9.90 Å². The van der Waals surface area contributed by atoms with Crippen molar-refractivity contribution < 1.29 is 14.3 Å². The van der Waals surface area contributed by atoms with Crippen molar-refractivity contribution in [3.63, 3.8) is 0 Å². The number of nitrogens with zero attached hydrogens (tertiary/aromatic N) is 1. The van der Waals surface area contributed by atoms with E-state index in [0.29, 0.717) is 16.7 Å². The van der Waals surface area contributed by atoms with Gasteiger partial charge in [-0.1, -0.05) is 66.2 Å². The van der Waals surface area contributed by atoms with Gasteiger partial charge in [-0.25, -0.2) is 4.98 Å². The number of aromatic nitrogens is 1. The molecule has 0 atom stereocenters. The lowest BCUT2D eigenvalue weighted by Gasteiger charge is -2.02. The molecule has 0 amide bonds. The Balaban J connectivity index is 1.84. The van der Waals surface area contributed by atoms with Crippen LogP contribution >= 0.6 is 11.6 Å². The monoisotopic (exact) mass is 324 g/mol. The Labute approximate surface area is 137 Å². The summed E-state index contributed by atoms with van der Waals surface area (Å²) < 4.78 is 5.65. The molecule has 0 aliphatic rings. The van der Waals surface area contributed by atoms with Gasteiger partial charge in [0.05, 0.1) is 12.2 Å². The van der Waals surface area contributed by atoms with Crippen LogP contribution in [-0.2, 0) is 0 Å². The van der Waals surface area contributed by atoms with Crippen LogP contribution in [0.15, 0.2) is 65.2 Å². The zero-order valence-corrected chi connectivity index (χ0v) is 12.7. The molecule has 114 valence electrons. The summed E-state index contributed by atoms with van der Waals surface area (Å²) in [5.74, 6) is -0.291. The van der Waals surface area contributed by atoms with E-state index in [1.165, 1.54) is 12.1 Å². The van der Waals surface area contributed by atoms with Gasteiger partial charge in [0, 0.05) is 5.56 Å². The van der Waals surface area contributed by atoms with E-state index in [2.05, 4.69) is 4.98 Å². The standard InChI is InChI=1S/C18H12ClNO3/c19-15(10-12-6-8-14(9-7-12)18(21)22)17-20-11-16(23-17)13-4-2-1-3-5-13/h1-11H,(H,21,22)/p-1/b15-10-. The predicted molar refractivity (Wildman–Crippen MR) is 86.4 cm³/mol. The van der Waals surface area contributed by atoms with Crippen molar-refractivity contribution in [3.05, 3.63) is 77.8 Å². The fourth-order valence-corrected chi connectivity index (χ4v) is 2.26. The highest BCUT2D eigenvalue weighted by molar-refractivity contribution is 6.50. The molecule has 0 saturated carbocycles. The second kappa shape index (κ2) is 6.50. The second-order valence-electron chi connectivity index (χ2n) is 4.80. The number of hydrogen-bond acceptors (Lipinski definition) is 4. The van der Waals surface area contributed by atoms with Crippen LogP contribution in [0, 0.1) is 0 Å². The third kappa shape index (κ3) is 3.49. The molecule has 3 rings (SSSR count). The molecule has 1 aromatic heterocycles. The summed E-state index contributed by atoms with van der Waals surface area (Å²) in [5.41, 5.74) is 1.76. The molecule has 23 heavy (non-hydrogen) atoms. The third-order valence-corrected chi connectivity index (χ3v) is 3.48. The van der Waals surface area contributed by atoms with E-state index >= 15 is 0 Å². The van der Waals surface area contributed by atoms with Gasteiger partial charge in [0.1, 0.15) is 5.03 Å². The summed E-state index contributed by atoms with van der Waals surface area (Å²) >= 11 is 6.22. The van der Waals surface area contributed by atoms with E-state index in [1.807, 2.05) is 30.3 Å². The summed E-state index contributed by atoms with van der Waals surface area (Å²) in [5, 5.41) is 11.0. The Bertz CT molecular complexity index is 851. The van der Waals surface area contributed by atoms with E-state index < -0.39 is 5.97 Å². The van der Waals surface area contributed by atoms with Crippen LogP contribution in [0.4, 0.5) is 0 Å². The summed E-state index contributed by atoms with van der Waals surface area (Å²) in [6.45, 7) is 0. The smallest absolute Gasteiger partial charge is 0.238 e. The lowest BCUT2D eigenvalue weighted by molar-refractivity contribution is -0.255. The predicted octanol–water partition coefficient (Wildman–Crippen LogP) is 3.44. The topological polar surface area (TPSA) is 66.2 Å². The number of carbonyl (C=O) groups excluding carboxylic acids is 1. The summed E-state index contributed by atoms with van der Waals surface area (Å²) in [6, 6.07) is 15.8. The molecular formula is C18H11ClNO3-. The molecule has 0 aliphatic carbocycles. The molecule has 4 nitrogen and oxygen atoms in total.